The fraction of sp³-hybridized carbons (Fsp3) is 0.357. The maximum absolute atomic E-state index is 14.3. The van der Waals surface area contributed by atoms with Crippen molar-refractivity contribution >= 4 is 45.0 Å². The van der Waals surface area contributed by atoms with Gasteiger partial charge in [-0.1, -0.05) is 60.3 Å². The van der Waals surface area contributed by atoms with E-state index in [-0.39, 0.29) is 17.5 Å². The molecule has 1 aliphatic heterocycles. The van der Waals surface area contributed by atoms with Crippen LogP contribution in [0.3, 0.4) is 0 Å². The van der Waals surface area contributed by atoms with Crippen LogP contribution in [0.1, 0.15) is 65.0 Å². The summed E-state index contributed by atoms with van der Waals surface area (Å²) in [4.78, 5) is 43.6. The molecule has 2 aliphatic rings. The minimum Gasteiger partial charge on any atom is -0.326 e. The number of halogens is 2. The molecule has 0 spiro atoms. The van der Waals surface area contributed by atoms with E-state index < -0.39 is 40.0 Å². The monoisotopic (exact) mass is 617 g/mol. The summed E-state index contributed by atoms with van der Waals surface area (Å²) < 4.78 is 27.4. The molecule has 0 saturated heterocycles. The van der Waals surface area contributed by atoms with Crippen LogP contribution in [0.15, 0.2) is 60.9 Å². The standard InChI is InChI=1S/C28H29Cl2N5O5S/c1-41(38,39)34-22-9-4-5-10-23(22)35-26(20-12-11-17(29)15-21(20)30)25(18-7-2-3-8-19(18)28(35)37)27(36)33-40-16-24-31-13-6-14-32-24/h2-3,6-8,11-15,22-23,25-26,34H,4-5,9-10,16H2,1H3,(H,33,36)/t22-,23?,25+,26-/m0/s1. The van der Waals surface area contributed by atoms with Crippen LogP contribution >= 0.6 is 23.2 Å². The van der Waals surface area contributed by atoms with Crippen molar-refractivity contribution in [2.75, 3.05) is 6.26 Å². The zero-order chi connectivity index (χ0) is 29.1. The highest BCUT2D eigenvalue weighted by Crippen LogP contribution is 2.47. The molecule has 1 fully saturated rings. The lowest BCUT2D eigenvalue weighted by Crippen LogP contribution is -2.59. The van der Waals surface area contributed by atoms with Gasteiger partial charge in [-0.25, -0.2) is 28.6 Å². The van der Waals surface area contributed by atoms with E-state index in [0.29, 0.717) is 40.4 Å². The fourth-order valence-corrected chi connectivity index (χ4v) is 7.11. The van der Waals surface area contributed by atoms with Crippen LogP contribution in [-0.4, -0.2) is 53.4 Å². The Bertz CT molecular complexity index is 1540. The van der Waals surface area contributed by atoms with Gasteiger partial charge in [0.25, 0.3) is 11.8 Å². The van der Waals surface area contributed by atoms with Crippen LogP contribution in [-0.2, 0) is 26.3 Å². The Labute approximate surface area is 248 Å². The maximum Gasteiger partial charge on any atom is 0.255 e. The van der Waals surface area contributed by atoms with Gasteiger partial charge in [0.15, 0.2) is 5.82 Å². The third-order valence-corrected chi connectivity index (χ3v) is 8.68. The third kappa shape index (κ3) is 6.54. The van der Waals surface area contributed by atoms with Crippen molar-refractivity contribution in [1.82, 2.24) is 25.1 Å². The largest absolute Gasteiger partial charge is 0.326 e. The van der Waals surface area contributed by atoms with Crippen LogP contribution in [0.5, 0.6) is 0 Å². The van der Waals surface area contributed by atoms with Gasteiger partial charge >= 0.3 is 0 Å². The van der Waals surface area contributed by atoms with Gasteiger partial charge < -0.3 is 4.90 Å². The lowest BCUT2D eigenvalue weighted by molar-refractivity contribution is -0.138. The second kappa shape index (κ2) is 12.4. The van der Waals surface area contributed by atoms with Gasteiger partial charge in [-0.2, -0.15) is 0 Å². The Morgan fingerprint density at radius 3 is 2.51 bits per heavy atom. The molecule has 2 amide bonds. The Morgan fingerprint density at radius 1 is 1.05 bits per heavy atom. The molecule has 1 unspecified atom stereocenters. The first kappa shape index (κ1) is 29.4. The fourth-order valence-electron chi connectivity index (χ4n) is 5.77. The summed E-state index contributed by atoms with van der Waals surface area (Å²) in [7, 11) is -3.58. The normalized spacial score (nSPS) is 22.7. The van der Waals surface area contributed by atoms with Crippen molar-refractivity contribution in [3.63, 3.8) is 0 Å². The van der Waals surface area contributed by atoms with Crippen molar-refractivity contribution in [3.8, 4) is 0 Å². The van der Waals surface area contributed by atoms with Crippen molar-refractivity contribution in [1.29, 1.82) is 0 Å². The van der Waals surface area contributed by atoms with Crippen LogP contribution in [0, 0.1) is 0 Å². The lowest BCUT2D eigenvalue weighted by Gasteiger charge is -2.49. The summed E-state index contributed by atoms with van der Waals surface area (Å²) >= 11 is 12.9. The number of fused-ring (bicyclic) bond motifs is 1. The van der Waals surface area contributed by atoms with Gasteiger partial charge in [0, 0.05) is 40.1 Å². The molecule has 3 aromatic rings. The van der Waals surface area contributed by atoms with Gasteiger partial charge in [-0.05, 0) is 48.2 Å². The number of rotatable bonds is 8. The summed E-state index contributed by atoms with van der Waals surface area (Å²) in [5.74, 6) is -1.39. The SMILES string of the molecule is CS(=O)(=O)N[C@H]1CCCCC1N1C(=O)c2ccccc2[C@@H](C(=O)NOCc2ncccn2)[C@@H]1c1ccc(Cl)cc1Cl. The molecule has 5 rings (SSSR count). The number of carbonyl (C=O) groups is 2. The topological polar surface area (TPSA) is 131 Å². The highest BCUT2D eigenvalue weighted by molar-refractivity contribution is 7.88. The highest BCUT2D eigenvalue weighted by atomic mass is 35.5. The second-order valence-electron chi connectivity index (χ2n) is 10.2. The van der Waals surface area contributed by atoms with E-state index in [0.717, 1.165) is 19.1 Å². The van der Waals surface area contributed by atoms with Gasteiger partial charge in [-0.15, -0.1) is 0 Å². The summed E-state index contributed by atoms with van der Waals surface area (Å²) in [6.07, 6.45) is 6.91. The number of hydrogen-bond acceptors (Lipinski definition) is 7. The zero-order valence-electron chi connectivity index (χ0n) is 22.2. The highest BCUT2D eigenvalue weighted by Gasteiger charge is 2.49. The number of hydrogen-bond donors (Lipinski definition) is 2. The number of nitrogens with zero attached hydrogens (tertiary/aromatic N) is 3. The molecule has 13 heteroatoms. The number of carbonyl (C=O) groups excluding carboxylic acids is 2. The van der Waals surface area contributed by atoms with E-state index in [4.69, 9.17) is 28.0 Å². The van der Waals surface area contributed by atoms with Crippen LogP contribution < -0.4 is 10.2 Å². The van der Waals surface area contributed by atoms with Gasteiger partial charge in [0.05, 0.1) is 18.2 Å². The average molecular weight is 619 g/mol. The Kier molecular flexibility index (Phi) is 8.91. The number of amides is 2. The molecule has 1 aliphatic carbocycles. The maximum atomic E-state index is 14.3. The van der Waals surface area contributed by atoms with Crippen molar-refractivity contribution in [2.24, 2.45) is 0 Å². The minimum absolute atomic E-state index is 0.0705. The molecule has 10 nitrogen and oxygen atoms in total. The molecule has 2 aromatic carbocycles. The van der Waals surface area contributed by atoms with Crippen molar-refractivity contribution < 1.29 is 22.8 Å². The molecule has 1 aromatic heterocycles. The predicted octanol–water partition coefficient (Wildman–Crippen LogP) is 4.17. The van der Waals surface area contributed by atoms with E-state index in [1.165, 1.54) is 0 Å². The minimum atomic E-state index is -3.58. The molecular weight excluding hydrogens is 589 g/mol. The molecule has 2 heterocycles. The van der Waals surface area contributed by atoms with Gasteiger partial charge in [0.2, 0.25) is 10.0 Å². The first-order valence-corrected chi connectivity index (χ1v) is 15.8. The predicted molar refractivity (Wildman–Crippen MR) is 154 cm³/mol. The number of nitrogens with one attached hydrogen (secondary N) is 2. The zero-order valence-corrected chi connectivity index (χ0v) is 24.5. The first-order valence-electron chi connectivity index (χ1n) is 13.2. The summed E-state index contributed by atoms with van der Waals surface area (Å²) in [5.41, 5.74) is 3.89. The van der Waals surface area contributed by atoms with E-state index in [2.05, 4.69) is 20.2 Å². The quantitative estimate of drug-likeness (QED) is 0.363. The summed E-state index contributed by atoms with van der Waals surface area (Å²) in [6.45, 7) is -0.0705. The molecular formula is C28H29Cl2N5O5S. The van der Waals surface area contributed by atoms with E-state index in [9.17, 15) is 18.0 Å². The average Bonchev–Trinajstić information content (AvgIpc) is 2.93. The molecule has 216 valence electrons. The van der Waals surface area contributed by atoms with Crippen molar-refractivity contribution in [2.45, 2.75) is 56.3 Å². The molecule has 0 radical (unpaired) electrons. The van der Waals surface area contributed by atoms with Crippen LogP contribution in [0.4, 0.5) is 0 Å². The Balaban J connectivity index is 1.60. The number of aromatic nitrogens is 2. The number of hydroxylamine groups is 1. The molecule has 0 bridgehead atoms. The Morgan fingerprint density at radius 2 is 1.78 bits per heavy atom. The van der Waals surface area contributed by atoms with E-state index in [1.807, 2.05) is 0 Å². The molecule has 41 heavy (non-hydrogen) atoms. The van der Waals surface area contributed by atoms with E-state index >= 15 is 0 Å². The molecule has 1 saturated carbocycles. The molecule has 2 N–H and O–H groups in total. The van der Waals surface area contributed by atoms with Gasteiger partial charge in [-0.3, -0.25) is 14.4 Å². The van der Waals surface area contributed by atoms with E-state index in [1.54, 1.807) is 65.8 Å². The summed E-state index contributed by atoms with van der Waals surface area (Å²) in [5, 5.41) is 0.675. The third-order valence-electron chi connectivity index (χ3n) is 7.39. The van der Waals surface area contributed by atoms with Crippen LogP contribution in [0.2, 0.25) is 10.0 Å². The first-order chi connectivity index (χ1) is 19.6. The van der Waals surface area contributed by atoms with Crippen molar-refractivity contribution in [3.05, 3.63) is 93.5 Å². The second-order valence-corrected chi connectivity index (χ2v) is 12.8. The lowest BCUT2D eigenvalue weighted by atomic mass is 9.76. The number of sulfonamides is 1. The summed E-state index contributed by atoms with van der Waals surface area (Å²) in [6, 6.07) is 11.5. The smallest absolute Gasteiger partial charge is 0.255 e. The Hall–Kier alpha value is -3.09. The molecule has 4 atom stereocenters. The van der Waals surface area contributed by atoms with Gasteiger partial charge in [0.1, 0.15) is 6.61 Å². The van der Waals surface area contributed by atoms with Crippen LogP contribution in [0.25, 0.3) is 0 Å². The number of benzene rings is 2.